The van der Waals surface area contributed by atoms with Crippen molar-refractivity contribution in [3.63, 3.8) is 0 Å². The van der Waals surface area contributed by atoms with Gasteiger partial charge >= 0.3 is 0 Å². The minimum Gasteiger partial charge on any atom is -0.381 e. The smallest absolute Gasteiger partial charge is 0.172 e. The fourth-order valence-corrected chi connectivity index (χ4v) is 1.79. The number of nitrogen functional groups attached to an aromatic ring is 1. The predicted octanol–water partition coefficient (Wildman–Crippen LogP) is 2.92. The van der Waals surface area contributed by atoms with Crippen LogP contribution in [0.4, 0.5) is 5.82 Å². The summed E-state index contributed by atoms with van der Waals surface area (Å²) >= 11 is 14.9. The molecule has 0 aliphatic carbocycles. The van der Waals surface area contributed by atoms with Crippen LogP contribution in [0.3, 0.4) is 0 Å². The number of hydrogen-bond acceptors (Lipinski definition) is 3. The molecule has 0 atom stereocenters. The Bertz CT molecular complexity index is 492. The number of aromatic nitrogens is 3. The Labute approximate surface area is 104 Å². The van der Waals surface area contributed by atoms with Gasteiger partial charge in [-0.05, 0) is 22.0 Å². The quantitative estimate of drug-likeness (QED) is 0.881. The molecule has 7 heteroatoms. The van der Waals surface area contributed by atoms with Gasteiger partial charge in [-0.2, -0.15) is 0 Å². The van der Waals surface area contributed by atoms with Crippen molar-refractivity contribution in [1.82, 2.24) is 14.8 Å². The number of rotatable bonds is 1. The first-order valence-electron chi connectivity index (χ1n) is 3.90. The van der Waals surface area contributed by atoms with Crippen molar-refractivity contribution >= 4 is 44.9 Å². The summed E-state index contributed by atoms with van der Waals surface area (Å²) in [6.07, 6.45) is 3.17. The lowest BCUT2D eigenvalue weighted by molar-refractivity contribution is 0.851. The Morgan fingerprint density at radius 1 is 1.40 bits per heavy atom. The third kappa shape index (κ3) is 2.09. The SMILES string of the molecule is Nc1nn(-c2ncc(Cl)cc2Cl)cc1Br. The lowest BCUT2D eigenvalue weighted by Crippen LogP contribution is -1.99. The minimum atomic E-state index is 0.378. The first kappa shape index (κ1) is 10.7. The monoisotopic (exact) mass is 306 g/mol. The van der Waals surface area contributed by atoms with Gasteiger partial charge in [-0.25, -0.2) is 9.67 Å². The largest absolute Gasteiger partial charge is 0.381 e. The first-order valence-corrected chi connectivity index (χ1v) is 5.45. The van der Waals surface area contributed by atoms with Gasteiger partial charge in [-0.15, -0.1) is 5.10 Å². The van der Waals surface area contributed by atoms with Crippen molar-refractivity contribution in [3.05, 3.63) is 33.0 Å². The van der Waals surface area contributed by atoms with Gasteiger partial charge in [0.2, 0.25) is 0 Å². The Kier molecular flexibility index (Phi) is 2.86. The molecule has 15 heavy (non-hydrogen) atoms. The molecular weight excluding hydrogens is 303 g/mol. The average molecular weight is 308 g/mol. The van der Waals surface area contributed by atoms with E-state index in [9.17, 15) is 0 Å². The van der Waals surface area contributed by atoms with Crippen molar-refractivity contribution in [2.45, 2.75) is 0 Å². The molecule has 2 N–H and O–H groups in total. The van der Waals surface area contributed by atoms with E-state index in [1.165, 1.54) is 10.9 Å². The van der Waals surface area contributed by atoms with Crippen LogP contribution >= 0.6 is 39.1 Å². The molecule has 0 saturated heterocycles. The summed E-state index contributed by atoms with van der Waals surface area (Å²) in [6, 6.07) is 1.59. The predicted molar refractivity (Wildman–Crippen MR) is 63.5 cm³/mol. The zero-order valence-electron chi connectivity index (χ0n) is 7.28. The standard InChI is InChI=1S/C8H5BrCl2N4/c9-5-3-15(14-7(5)12)8-6(11)1-4(10)2-13-8/h1-3H,(H2,12,14). The Morgan fingerprint density at radius 2 is 2.13 bits per heavy atom. The topological polar surface area (TPSA) is 56.7 Å². The van der Waals surface area contributed by atoms with Gasteiger partial charge in [-0.1, -0.05) is 23.2 Å². The number of hydrogen-bond donors (Lipinski definition) is 1. The highest BCUT2D eigenvalue weighted by Gasteiger charge is 2.09. The van der Waals surface area contributed by atoms with Crippen LogP contribution in [0.1, 0.15) is 0 Å². The molecule has 0 aliphatic rings. The third-order valence-electron chi connectivity index (χ3n) is 1.70. The third-order valence-corrected chi connectivity index (χ3v) is 2.80. The highest BCUT2D eigenvalue weighted by molar-refractivity contribution is 9.10. The molecule has 2 aromatic heterocycles. The molecule has 0 radical (unpaired) electrons. The Hall–Kier alpha value is -0.780. The van der Waals surface area contributed by atoms with E-state index in [2.05, 4.69) is 26.0 Å². The molecule has 4 nitrogen and oxygen atoms in total. The molecule has 0 bridgehead atoms. The molecule has 0 unspecified atom stereocenters. The number of halogens is 3. The molecule has 2 aromatic rings. The molecule has 0 spiro atoms. The lowest BCUT2D eigenvalue weighted by atomic mass is 10.4. The van der Waals surface area contributed by atoms with E-state index < -0.39 is 0 Å². The highest BCUT2D eigenvalue weighted by atomic mass is 79.9. The van der Waals surface area contributed by atoms with Gasteiger partial charge in [0.15, 0.2) is 11.6 Å². The van der Waals surface area contributed by atoms with Gasteiger partial charge in [0.25, 0.3) is 0 Å². The molecule has 0 amide bonds. The molecule has 2 rings (SSSR count). The average Bonchev–Trinajstić information content (AvgIpc) is 2.46. The summed E-state index contributed by atoms with van der Waals surface area (Å²) in [5.41, 5.74) is 5.58. The van der Waals surface area contributed by atoms with E-state index in [4.69, 9.17) is 28.9 Å². The van der Waals surface area contributed by atoms with Crippen LogP contribution in [0.25, 0.3) is 5.82 Å². The van der Waals surface area contributed by atoms with Crippen LogP contribution in [-0.2, 0) is 0 Å². The molecule has 78 valence electrons. The maximum atomic E-state index is 5.96. The van der Waals surface area contributed by atoms with E-state index in [0.717, 1.165) is 0 Å². The van der Waals surface area contributed by atoms with Crippen molar-refractivity contribution in [1.29, 1.82) is 0 Å². The van der Waals surface area contributed by atoms with E-state index in [-0.39, 0.29) is 0 Å². The van der Waals surface area contributed by atoms with Gasteiger partial charge in [-0.3, -0.25) is 0 Å². The lowest BCUT2D eigenvalue weighted by Gasteiger charge is -2.02. The molecule has 0 saturated carbocycles. The van der Waals surface area contributed by atoms with Crippen molar-refractivity contribution in [3.8, 4) is 5.82 Å². The van der Waals surface area contributed by atoms with E-state index in [0.29, 0.717) is 26.2 Å². The minimum absolute atomic E-state index is 0.378. The zero-order chi connectivity index (χ0) is 11.0. The second-order valence-corrected chi connectivity index (χ2v) is 4.46. The zero-order valence-corrected chi connectivity index (χ0v) is 10.4. The summed E-state index contributed by atoms with van der Waals surface area (Å²) in [6.45, 7) is 0. The van der Waals surface area contributed by atoms with Gasteiger partial charge in [0.05, 0.1) is 14.5 Å². The highest BCUT2D eigenvalue weighted by Crippen LogP contribution is 2.24. The summed E-state index contributed by atoms with van der Waals surface area (Å²) in [7, 11) is 0. The van der Waals surface area contributed by atoms with Gasteiger partial charge < -0.3 is 5.73 Å². The van der Waals surface area contributed by atoms with Crippen LogP contribution in [0.15, 0.2) is 22.9 Å². The maximum absolute atomic E-state index is 5.96. The van der Waals surface area contributed by atoms with E-state index in [1.54, 1.807) is 12.3 Å². The van der Waals surface area contributed by atoms with Crippen LogP contribution < -0.4 is 5.73 Å². The molecule has 0 aromatic carbocycles. The number of pyridine rings is 1. The summed E-state index contributed by atoms with van der Waals surface area (Å²) in [5.74, 6) is 0.862. The maximum Gasteiger partial charge on any atom is 0.172 e. The summed E-state index contributed by atoms with van der Waals surface area (Å²) in [5, 5.41) is 4.92. The van der Waals surface area contributed by atoms with Crippen LogP contribution in [0.5, 0.6) is 0 Å². The number of nitrogens with two attached hydrogens (primary N) is 1. The van der Waals surface area contributed by atoms with Gasteiger partial charge in [0.1, 0.15) is 0 Å². The molecular formula is C8H5BrCl2N4. The summed E-state index contributed by atoms with van der Waals surface area (Å²) in [4.78, 5) is 4.06. The molecule has 0 fully saturated rings. The van der Waals surface area contributed by atoms with Crippen LogP contribution in [0, 0.1) is 0 Å². The van der Waals surface area contributed by atoms with Gasteiger partial charge in [0, 0.05) is 12.4 Å². The fraction of sp³-hybridized carbons (Fsp3) is 0. The van der Waals surface area contributed by atoms with E-state index in [1.807, 2.05) is 0 Å². The summed E-state index contributed by atoms with van der Waals surface area (Å²) < 4.78 is 2.17. The second kappa shape index (κ2) is 4.00. The first-order chi connectivity index (χ1) is 7.08. The van der Waals surface area contributed by atoms with Crippen LogP contribution in [-0.4, -0.2) is 14.8 Å². The van der Waals surface area contributed by atoms with Crippen molar-refractivity contribution < 1.29 is 0 Å². The number of nitrogens with zero attached hydrogens (tertiary/aromatic N) is 3. The second-order valence-electron chi connectivity index (χ2n) is 2.77. The number of anilines is 1. The molecule has 2 heterocycles. The molecule has 0 aliphatic heterocycles. The fourth-order valence-electron chi connectivity index (χ4n) is 1.05. The van der Waals surface area contributed by atoms with Crippen LogP contribution in [0.2, 0.25) is 10.0 Å². The van der Waals surface area contributed by atoms with E-state index >= 15 is 0 Å². The van der Waals surface area contributed by atoms with Crippen molar-refractivity contribution in [2.24, 2.45) is 0 Å². The van der Waals surface area contributed by atoms with Crippen molar-refractivity contribution in [2.75, 3.05) is 5.73 Å². The normalized spacial score (nSPS) is 10.6. The Balaban J connectivity index is 2.54. The Morgan fingerprint density at radius 3 is 2.67 bits per heavy atom.